The molecule has 0 radical (unpaired) electrons. The molecule has 2 aromatic carbocycles. The number of amides is 2. The summed E-state index contributed by atoms with van der Waals surface area (Å²) in [6, 6.07) is 13.4. The number of aromatic nitrogens is 3. The molecule has 2 aromatic heterocycles. The predicted molar refractivity (Wildman–Crippen MR) is 126 cm³/mol. The van der Waals surface area contributed by atoms with Crippen molar-refractivity contribution < 1.29 is 14.3 Å². The lowest BCUT2D eigenvalue weighted by Gasteiger charge is -2.06. The van der Waals surface area contributed by atoms with Crippen molar-refractivity contribution in [2.24, 2.45) is 0 Å². The van der Waals surface area contributed by atoms with Gasteiger partial charge >= 0.3 is 0 Å². The van der Waals surface area contributed by atoms with E-state index >= 15 is 0 Å². The second-order valence-corrected chi connectivity index (χ2v) is 8.17. The van der Waals surface area contributed by atoms with E-state index in [0.717, 1.165) is 41.5 Å². The molecule has 0 aliphatic carbocycles. The summed E-state index contributed by atoms with van der Waals surface area (Å²) in [4.78, 5) is 29.9. The van der Waals surface area contributed by atoms with E-state index in [9.17, 15) is 9.59 Å². The van der Waals surface area contributed by atoms with Crippen LogP contribution in [0, 0.1) is 6.92 Å². The summed E-state index contributed by atoms with van der Waals surface area (Å²) in [5.74, 6) is -0.0608. The van der Waals surface area contributed by atoms with Gasteiger partial charge in [-0.05, 0) is 43.2 Å². The normalized spacial score (nSPS) is 13.8. The molecule has 7 nitrogen and oxygen atoms in total. The van der Waals surface area contributed by atoms with E-state index in [-0.39, 0.29) is 11.8 Å². The van der Waals surface area contributed by atoms with Crippen LogP contribution < -0.4 is 10.1 Å². The maximum atomic E-state index is 13.0. The number of aryl methyl sites for hydroxylation is 3. The zero-order valence-electron chi connectivity index (χ0n) is 18.5. The summed E-state index contributed by atoms with van der Waals surface area (Å²) in [5.41, 5.74) is 4.38. The number of ether oxygens (including phenoxy) is 1. The summed E-state index contributed by atoms with van der Waals surface area (Å²) in [5, 5.41) is 3.45. The van der Waals surface area contributed by atoms with Crippen molar-refractivity contribution in [3.05, 3.63) is 84.1 Å². The molecule has 33 heavy (non-hydrogen) atoms. The molecular weight excluding hydrogens is 416 g/mol. The number of fused-ring (bicyclic) bond motifs is 1. The van der Waals surface area contributed by atoms with Crippen LogP contribution in [0.2, 0.25) is 0 Å². The number of imidazole rings is 1. The van der Waals surface area contributed by atoms with Gasteiger partial charge in [0.25, 0.3) is 11.8 Å². The highest BCUT2D eigenvalue weighted by Gasteiger charge is 2.33. The number of nitrogens with one attached hydrogen (secondary N) is 1. The minimum absolute atomic E-state index is 0.371. The topological polar surface area (TPSA) is 78.2 Å². The van der Waals surface area contributed by atoms with Crippen molar-refractivity contribution in [1.29, 1.82) is 0 Å². The predicted octanol–water partition coefficient (Wildman–Crippen LogP) is 3.81. The maximum absolute atomic E-state index is 13.0. The second kappa shape index (κ2) is 8.43. The number of carbonyl (C=O) groups excluding carboxylic acids is 2. The first kappa shape index (κ1) is 20.8. The third kappa shape index (κ3) is 3.82. The molecule has 1 N–H and O–H groups in total. The van der Waals surface area contributed by atoms with Gasteiger partial charge in [-0.2, -0.15) is 0 Å². The van der Waals surface area contributed by atoms with E-state index in [1.165, 1.54) is 0 Å². The molecule has 3 heterocycles. The van der Waals surface area contributed by atoms with Crippen LogP contribution in [-0.2, 0) is 22.7 Å². The fourth-order valence-corrected chi connectivity index (χ4v) is 4.38. The number of imide groups is 1. The molecule has 5 rings (SSSR count). The lowest BCUT2D eigenvalue weighted by atomic mass is 9.95. The van der Waals surface area contributed by atoms with Gasteiger partial charge in [0.1, 0.15) is 5.75 Å². The standard InChI is InChI=1S/C26H24N4O3/c1-17-4-9-22-20(14-17)21(15-30(22)12-3-11-29-13-10-27-16-29)24-23(25(31)28-26(24)32)18-5-7-19(33-2)8-6-18/h4-10,13-16H,3,11-12H2,1-2H3,(H,28,31,32). The number of carbonyl (C=O) groups is 2. The molecule has 0 saturated heterocycles. The van der Waals surface area contributed by atoms with Crippen LogP contribution in [-0.4, -0.2) is 33.0 Å². The van der Waals surface area contributed by atoms with Crippen molar-refractivity contribution in [3.8, 4) is 5.75 Å². The maximum Gasteiger partial charge on any atom is 0.259 e. The molecular formula is C26H24N4O3. The summed E-state index contributed by atoms with van der Waals surface area (Å²) in [6.07, 6.45) is 8.43. The van der Waals surface area contributed by atoms with Gasteiger partial charge in [-0.15, -0.1) is 0 Å². The van der Waals surface area contributed by atoms with Crippen molar-refractivity contribution in [3.63, 3.8) is 0 Å². The van der Waals surface area contributed by atoms with Crippen molar-refractivity contribution in [1.82, 2.24) is 19.4 Å². The molecule has 0 saturated carbocycles. The van der Waals surface area contributed by atoms with Gasteiger partial charge in [0.15, 0.2) is 0 Å². The molecule has 0 unspecified atom stereocenters. The van der Waals surface area contributed by atoms with Crippen molar-refractivity contribution in [2.75, 3.05) is 7.11 Å². The first-order valence-electron chi connectivity index (χ1n) is 10.8. The van der Waals surface area contributed by atoms with Gasteiger partial charge in [-0.25, -0.2) is 4.98 Å². The smallest absolute Gasteiger partial charge is 0.259 e. The summed E-state index contributed by atoms with van der Waals surface area (Å²) < 4.78 is 9.45. The number of nitrogens with zero attached hydrogens (tertiary/aromatic N) is 3. The molecule has 1 aliphatic rings. The Balaban J connectivity index is 1.60. The number of benzene rings is 2. The number of methoxy groups -OCH3 is 1. The van der Waals surface area contributed by atoms with E-state index < -0.39 is 0 Å². The highest BCUT2D eigenvalue weighted by Crippen LogP contribution is 2.36. The van der Waals surface area contributed by atoms with Gasteiger partial charge < -0.3 is 13.9 Å². The van der Waals surface area contributed by atoms with E-state index in [4.69, 9.17) is 4.74 Å². The van der Waals surface area contributed by atoms with Crippen LogP contribution >= 0.6 is 0 Å². The third-order valence-corrected chi connectivity index (χ3v) is 5.99. The Bertz CT molecular complexity index is 1380. The Morgan fingerprint density at radius 1 is 1.00 bits per heavy atom. The average Bonchev–Trinajstić information content (AvgIpc) is 3.52. The van der Waals surface area contributed by atoms with Crippen molar-refractivity contribution in [2.45, 2.75) is 26.4 Å². The Hall–Kier alpha value is -4.13. The lowest BCUT2D eigenvalue weighted by molar-refractivity contribution is -0.122. The molecule has 0 bridgehead atoms. The molecule has 0 spiro atoms. The molecule has 166 valence electrons. The molecule has 0 fully saturated rings. The Labute approximate surface area is 191 Å². The summed E-state index contributed by atoms with van der Waals surface area (Å²) >= 11 is 0. The first-order chi connectivity index (χ1) is 16.0. The zero-order valence-corrected chi connectivity index (χ0v) is 18.5. The monoisotopic (exact) mass is 440 g/mol. The quantitative estimate of drug-likeness (QED) is 0.443. The number of hydrogen-bond donors (Lipinski definition) is 1. The molecule has 0 atom stereocenters. The average molecular weight is 441 g/mol. The largest absolute Gasteiger partial charge is 0.497 e. The van der Waals surface area contributed by atoms with E-state index in [1.54, 1.807) is 25.4 Å². The number of hydrogen-bond acceptors (Lipinski definition) is 4. The molecule has 4 aromatic rings. The Kier molecular flexibility index (Phi) is 5.30. The van der Waals surface area contributed by atoms with E-state index in [0.29, 0.717) is 22.5 Å². The molecule has 2 amide bonds. The zero-order chi connectivity index (χ0) is 22.9. The van der Waals surface area contributed by atoms with Crippen LogP contribution in [0.3, 0.4) is 0 Å². The fourth-order valence-electron chi connectivity index (χ4n) is 4.38. The SMILES string of the molecule is COc1ccc(C2=C(c3cn(CCCn4ccnc4)c4ccc(C)cc34)C(=O)NC2=O)cc1. The number of rotatable bonds is 7. The van der Waals surface area contributed by atoms with Gasteiger partial charge in [0.2, 0.25) is 0 Å². The highest BCUT2D eigenvalue weighted by atomic mass is 16.5. The fraction of sp³-hybridized carbons (Fsp3) is 0.192. The lowest BCUT2D eigenvalue weighted by Crippen LogP contribution is -2.22. The van der Waals surface area contributed by atoms with Crippen LogP contribution in [0.4, 0.5) is 0 Å². The van der Waals surface area contributed by atoms with Crippen LogP contribution in [0.5, 0.6) is 5.75 Å². The van der Waals surface area contributed by atoms with Gasteiger partial charge in [0, 0.05) is 48.1 Å². The van der Waals surface area contributed by atoms with Gasteiger partial charge in [-0.3, -0.25) is 14.9 Å². The minimum Gasteiger partial charge on any atom is -0.497 e. The second-order valence-electron chi connectivity index (χ2n) is 8.17. The van der Waals surface area contributed by atoms with E-state index in [2.05, 4.69) is 33.1 Å². The van der Waals surface area contributed by atoms with Crippen molar-refractivity contribution >= 4 is 33.9 Å². The first-order valence-corrected chi connectivity index (χ1v) is 10.8. The van der Waals surface area contributed by atoms with Crippen LogP contribution in [0.15, 0.2) is 67.4 Å². The Morgan fingerprint density at radius 3 is 2.52 bits per heavy atom. The summed E-state index contributed by atoms with van der Waals surface area (Å²) in [6.45, 7) is 3.65. The van der Waals surface area contributed by atoms with Gasteiger partial charge in [0.05, 0.1) is 24.6 Å². The molecule has 1 aliphatic heterocycles. The Morgan fingerprint density at radius 2 is 1.79 bits per heavy atom. The highest BCUT2D eigenvalue weighted by molar-refractivity contribution is 6.50. The molecule has 7 heteroatoms. The summed E-state index contributed by atoms with van der Waals surface area (Å²) in [7, 11) is 1.59. The van der Waals surface area contributed by atoms with Crippen LogP contribution in [0.1, 0.15) is 23.1 Å². The van der Waals surface area contributed by atoms with Crippen LogP contribution in [0.25, 0.3) is 22.0 Å². The van der Waals surface area contributed by atoms with E-state index in [1.807, 2.05) is 42.3 Å². The van der Waals surface area contributed by atoms with Gasteiger partial charge in [-0.1, -0.05) is 23.8 Å². The minimum atomic E-state index is -0.381. The third-order valence-electron chi connectivity index (χ3n) is 5.99.